The van der Waals surface area contributed by atoms with E-state index >= 15 is 0 Å². The van der Waals surface area contributed by atoms with Crippen LogP contribution in [0.4, 0.5) is 11.4 Å². The number of hydrogen-bond donors (Lipinski definition) is 1. The van der Waals surface area contributed by atoms with Gasteiger partial charge in [0.25, 0.3) is 0 Å². The number of rotatable bonds is 4. The molecule has 1 saturated heterocycles. The van der Waals surface area contributed by atoms with E-state index in [-0.39, 0.29) is 24.3 Å². The lowest BCUT2D eigenvalue weighted by Crippen LogP contribution is -2.30. The van der Waals surface area contributed by atoms with E-state index in [4.69, 9.17) is 4.52 Å². The first-order valence-corrected chi connectivity index (χ1v) is 8.09. The van der Waals surface area contributed by atoms with Gasteiger partial charge in [-0.3, -0.25) is 9.59 Å². The minimum Gasteiger partial charge on any atom is -0.361 e. The van der Waals surface area contributed by atoms with Crippen LogP contribution in [0.5, 0.6) is 0 Å². The number of benzene rings is 1. The Morgan fingerprint density at radius 3 is 2.83 bits per heavy atom. The monoisotopic (exact) mass is 327 g/mol. The molecule has 126 valence electrons. The number of carbonyl (C=O) groups excluding carboxylic acids is 2. The van der Waals surface area contributed by atoms with Crippen molar-refractivity contribution >= 4 is 23.2 Å². The molecule has 1 unspecified atom stereocenters. The van der Waals surface area contributed by atoms with Crippen molar-refractivity contribution in [1.82, 2.24) is 5.16 Å². The Bertz CT molecular complexity index is 762. The van der Waals surface area contributed by atoms with Gasteiger partial charge < -0.3 is 14.7 Å². The number of nitrogens with one attached hydrogen (secondary N) is 1. The molecule has 1 atom stereocenters. The second-order valence-electron chi connectivity index (χ2n) is 6.23. The molecule has 3 rings (SSSR count). The van der Waals surface area contributed by atoms with Crippen molar-refractivity contribution in [3.63, 3.8) is 0 Å². The first-order valence-electron chi connectivity index (χ1n) is 8.09. The van der Waals surface area contributed by atoms with Gasteiger partial charge in [-0.05, 0) is 45.4 Å². The van der Waals surface area contributed by atoms with E-state index in [9.17, 15) is 9.59 Å². The molecule has 0 aliphatic carbocycles. The van der Waals surface area contributed by atoms with Crippen molar-refractivity contribution in [2.45, 2.75) is 46.1 Å². The maximum absolute atomic E-state index is 12.3. The Hall–Kier alpha value is -2.63. The second kappa shape index (κ2) is 6.47. The van der Waals surface area contributed by atoms with Gasteiger partial charge in [0.2, 0.25) is 11.8 Å². The highest BCUT2D eigenvalue weighted by Gasteiger charge is 2.28. The van der Waals surface area contributed by atoms with Gasteiger partial charge in [0, 0.05) is 29.4 Å². The number of aryl methyl sites for hydroxylation is 2. The molecule has 2 amide bonds. The number of hydrogen-bond acceptors (Lipinski definition) is 4. The zero-order valence-electron chi connectivity index (χ0n) is 14.1. The van der Waals surface area contributed by atoms with Crippen LogP contribution in [-0.4, -0.2) is 23.0 Å². The Labute approximate surface area is 140 Å². The zero-order chi connectivity index (χ0) is 17.3. The third kappa shape index (κ3) is 3.18. The van der Waals surface area contributed by atoms with Crippen molar-refractivity contribution < 1.29 is 14.1 Å². The molecule has 2 heterocycles. The summed E-state index contributed by atoms with van der Waals surface area (Å²) >= 11 is 0. The van der Waals surface area contributed by atoms with Crippen LogP contribution in [0.15, 0.2) is 28.8 Å². The van der Waals surface area contributed by atoms with Gasteiger partial charge in [-0.25, -0.2) is 0 Å². The highest BCUT2D eigenvalue weighted by atomic mass is 16.5. The molecule has 0 saturated carbocycles. The van der Waals surface area contributed by atoms with Gasteiger partial charge in [0.05, 0.1) is 12.1 Å². The summed E-state index contributed by atoms with van der Waals surface area (Å²) in [5.41, 5.74) is 3.04. The van der Waals surface area contributed by atoms with E-state index in [0.29, 0.717) is 17.9 Å². The summed E-state index contributed by atoms with van der Waals surface area (Å²) in [6.07, 6.45) is 1.65. The van der Waals surface area contributed by atoms with Crippen molar-refractivity contribution in [1.29, 1.82) is 0 Å². The predicted octanol–water partition coefficient (Wildman–Crippen LogP) is 2.99. The van der Waals surface area contributed by atoms with Crippen LogP contribution in [-0.2, 0) is 16.0 Å². The predicted molar refractivity (Wildman–Crippen MR) is 90.9 cm³/mol. The van der Waals surface area contributed by atoms with Crippen LogP contribution >= 0.6 is 0 Å². The molecule has 6 nitrogen and oxygen atoms in total. The number of nitrogens with zero attached hydrogens (tertiary/aromatic N) is 2. The molecule has 2 aromatic rings. The van der Waals surface area contributed by atoms with Gasteiger partial charge in [-0.1, -0.05) is 11.2 Å². The summed E-state index contributed by atoms with van der Waals surface area (Å²) in [5, 5.41) is 6.74. The lowest BCUT2D eigenvalue weighted by atomic mass is 10.1. The smallest absolute Gasteiger partial charge is 0.229 e. The van der Waals surface area contributed by atoms with Crippen LogP contribution in [0.3, 0.4) is 0 Å². The summed E-state index contributed by atoms with van der Waals surface area (Å²) in [5.74, 6) is 0.650. The van der Waals surface area contributed by atoms with E-state index in [1.165, 1.54) is 0 Å². The minimum absolute atomic E-state index is 0.127. The highest BCUT2D eigenvalue weighted by Crippen LogP contribution is 2.28. The van der Waals surface area contributed by atoms with Crippen molar-refractivity contribution in [3.05, 3.63) is 41.3 Å². The molecule has 1 N–H and O–H groups in total. The second-order valence-corrected chi connectivity index (χ2v) is 6.23. The van der Waals surface area contributed by atoms with Crippen molar-refractivity contribution in [3.8, 4) is 0 Å². The standard InChI is InChI=1S/C18H21N3O3/c1-11-7-8-18(23)21(11)15-6-4-5-14(9-15)19-17(22)10-16-12(2)20-24-13(16)3/h4-6,9,11H,7-8,10H2,1-3H3,(H,19,22). The van der Waals surface area contributed by atoms with Crippen LogP contribution in [0.25, 0.3) is 0 Å². The summed E-state index contributed by atoms with van der Waals surface area (Å²) in [7, 11) is 0. The summed E-state index contributed by atoms with van der Waals surface area (Å²) in [4.78, 5) is 26.1. The molecule has 0 radical (unpaired) electrons. The van der Waals surface area contributed by atoms with E-state index in [0.717, 1.165) is 23.4 Å². The quantitative estimate of drug-likeness (QED) is 0.936. The van der Waals surface area contributed by atoms with Crippen molar-refractivity contribution in [2.24, 2.45) is 0 Å². The van der Waals surface area contributed by atoms with Crippen LogP contribution < -0.4 is 10.2 Å². The van der Waals surface area contributed by atoms with Gasteiger partial charge in [0.1, 0.15) is 5.76 Å². The van der Waals surface area contributed by atoms with E-state index < -0.39 is 0 Å². The number of carbonyl (C=O) groups is 2. The molecule has 0 spiro atoms. The van der Waals surface area contributed by atoms with E-state index in [1.54, 1.807) is 11.8 Å². The van der Waals surface area contributed by atoms with Gasteiger partial charge in [0.15, 0.2) is 0 Å². The third-order valence-corrected chi connectivity index (χ3v) is 4.41. The number of aromatic nitrogens is 1. The molecule has 1 aliphatic rings. The lowest BCUT2D eigenvalue weighted by molar-refractivity contribution is -0.117. The summed E-state index contributed by atoms with van der Waals surface area (Å²) < 4.78 is 5.08. The van der Waals surface area contributed by atoms with Crippen molar-refractivity contribution in [2.75, 3.05) is 10.2 Å². The SMILES string of the molecule is Cc1noc(C)c1CC(=O)Nc1cccc(N2C(=O)CCC2C)c1. The molecular weight excluding hydrogens is 306 g/mol. The van der Waals surface area contributed by atoms with Gasteiger partial charge in [-0.15, -0.1) is 0 Å². The average molecular weight is 327 g/mol. The fourth-order valence-electron chi connectivity index (χ4n) is 3.08. The Morgan fingerprint density at radius 2 is 2.21 bits per heavy atom. The first kappa shape index (κ1) is 16.2. The topological polar surface area (TPSA) is 75.4 Å². The molecule has 0 bridgehead atoms. The molecule has 1 aromatic heterocycles. The normalized spacial score (nSPS) is 17.4. The maximum Gasteiger partial charge on any atom is 0.229 e. The molecule has 24 heavy (non-hydrogen) atoms. The van der Waals surface area contributed by atoms with E-state index in [1.807, 2.05) is 38.1 Å². The fourth-order valence-corrected chi connectivity index (χ4v) is 3.08. The van der Waals surface area contributed by atoms with Crippen LogP contribution in [0.2, 0.25) is 0 Å². The summed E-state index contributed by atoms with van der Waals surface area (Å²) in [6.45, 7) is 5.65. The number of anilines is 2. The largest absolute Gasteiger partial charge is 0.361 e. The Balaban J connectivity index is 1.73. The maximum atomic E-state index is 12.3. The molecule has 6 heteroatoms. The molecule has 1 aliphatic heterocycles. The highest BCUT2D eigenvalue weighted by molar-refractivity contribution is 5.98. The minimum atomic E-state index is -0.137. The Morgan fingerprint density at radius 1 is 1.42 bits per heavy atom. The lowest BCUT2D eigenvalue weighted by Gasteiger charge is -2.22. The third-order valence-electron chi connectivity index (χ3n) is 4.41. The number of amides is 2. The summed E-state index contributed by atoms with van der Waals surface area (Å²) in [6, 6.07) is 7.58. The average Bonchev–Trinajstić information content (AvgIpc) is 3.03. The van der Waals surface area contributed by atoms with E-state index in [2.05, 4.69) is 10.5 Å². The molecular formula is C18H21N3O3. The van der Waals surface area contributed by atoms with Crippen LogP contribution in [0, 0.1) is 13.8 Å². The molecule has 1 aromatic carbocycles. The zero-order valence-corrected chi connectivity index (χ0v) is 14.1. The first-order chi connectivity index (χ1) is 11.5. The molecule has 1 fully saturated rings. The van der Waals surface area contributed by atoms with Crippen LogP contribution in [0.1, 0.15) is 36.8 Å². The van der Waals surface area contributed by atoms with Gasteiger partial charge in [-0.2, -0.15) is 0 Å². The Kier molecular flexibility index (Phi) is 4.38. The van der Waals surface area contributed by atoms with Gasteiger partial charge >= 0.3 is 0 Å². The fraction of sp³-hybridized carbons (Fsp3) is 0.389.